The van der Waals surface area contributed by atoms with Crippen molar-refractivity contribution in [2.45, 2.75) is 37.6 Å². The van der Waals surface area contributed by atoms with E-state index in [2.05, 4.69) is 39.7 Å². The van der Waals surface area contributed by atoms with E-state index in [0.717, 1.165) is 30.7 Å². The van der Waals surface area contributed by atoms with Crippen LogP contribution in [0.1, 0.15) is 37.2 Å². The van der Waals surface area contributed by atoms with Crippen LogP contribution in [0.15, 0.2) is 35.3 Å². The molecule has 3 N–H and O–H groups in total. The van der Waals surface area contributed by atoms with Gasteiger partial charge in [-0.2, -0.15) is 0 Å². The van der Waals surface area contributed by atoms with Gasteiger partial charge in [-0.05, 0) is 25.5 Å². The van der Waals surface area contributed by atoms with E-state index in [1.165, 1.54) is 25.7 Å². The van der Waals surface area contributed by atoms with Gasteiger partial charge in [0.05, 0.1) is 6.61 Å². The Kier molecular flexibility index (Phi) is 8.05. The molecule has 5 nitrogen and oxygen atoms in total. The molecule has 1 aliphatic carbocycles. The molecule has 1 fully saturated rings. The van der Waals surface area contributed by atoms with Crippen LogP contribution in [0.3, 0.4) is 0 Å². The van der Waals surface area contributed by atoms with Gasteiger partial charge in [-0.25, -0.2) is 0 Å². The zero-order valence-electron chi connectivity index (χ0n) is 15.0. The molecule has 1 aromatic rings. The molecule has 0 bridgehead atoms. The van der Waals surface area contributed by atoms with Crippen molar-refractivity contribution in [1.29, 1.82) is 0 Å². The van der Waals surface area contributed by atoms with Crippen LogP contribution in [-0.2, 0) is 0 Å². The van der Waals surface area contributed by atoms with Gasteiger partial charge in [0.2, 0.25) is 0 Å². The van der Waals surface area contributed by atoms with Gasteiger partial charge in [-0.3, -0.25) is 4.99 Å². The van der Waals surface area contributed by atoms with E-state index < -0.39 is 0 Å². The average molecular weight is 332 g/mol. The average Bonchev–Trinajstić information content (AvgIpc) is 3.16. The number of benzene rings is 1. The second-order valence-electron chi connectivity index (χ2n) is 6.59. The summed E-state index contributed by atoms with van der Waals surface area (Å²) in [6.07, 6.45) is 5.40. The SMILES string of the molecule is CN=C(NCCN(C)C1CCCC1)NCC(CO)c1ccccc1. The molecule has 5 heteroatoms. The predicted molar refractivity (Wildman–Crippen MR) is 101 cm³/mol. The maximum Gasteiger partial charge on any atom is 0.191 e. The standard InChI is InChI=1S/C19H32N4O/c1-20-19(21-12-13-23(2)18-10-6-7-11-18)22-14-17(15-24)16-8-4-3-5-9-16/h3-5,8-9,17-18,24H,6-7,10-15H2,1-2H3,(H2,20,21,22). The highest BCUT2D eigenvalue weighted by Gasteiger charge is 2.19. The van der Waals surface area contributed by atoms with Gasteiger partial charge in [0.15, 0.2) is 5.96 Å². The smallest absolute Gasteiger partial charge is 0.191 e. The maximum atomic E-state index is 9.63. The number of aliphatic hydroxyl groups excluding tert-OH is 1. The Bertz CT molecular complexity index is 485. The van der Waals surface area contributed by atoms with Gasteiger partial charge in [0, 0.05) is 38.6 Å². The van der Waals surface area contributed by atoms with E-state index in [4.69, 9.17) is 0 Å². The molecule has 1 saturated carbocycles. The van der Waals surface area contributed by atoms with Crippen LogP contribution in [0.4, 0.5) is 0 Å². The number of nitrogens with one attached hydrogen (secondary N) is 2. The molecule has 0 radical (unpaired) electrons. The Balaban J connectivity index is 1.71. The molecule has 1 aromatic carbocycles. The molecular formula is C19H32N4O. The van der Waals surface area contributed by atoms with E-state index in [1.807, 2.05) is 18.2 Å². The quantitative estimate of drug-likeness (QED) is 0.502. The first-order chi connectivity index (χ1) is 11.7. The summed E-state index contributed by atoms with van der Waals surface area (Å²) in [6, 6.07) is 10.9. The second-order valence-corrected chi connectivity index (χ2v) is 6.59. The molecule has 0 amide bonds. The third-order valence-electron chi connectivity index (χ3n) is 4.94. The van der Waals surface area contributed by atoms with E-state index in [0.29, 0.717) is 6.54 Å². The van der Waals surface area contributed by atoms with E-state index in [1.54, 1.807) is 7.05 Å². The number of nitrogens with zero attached hydrogens (tertiary/aromatic N) is 2. The molecule has 2 rings (SSSR count). The van der Waals surface area contributed by atoms with Gasteiger partial charge in [-0.1, -0.05) is 43.2 Å². The molecule has 0 heterocycles. The molecule has 1 unspecified atom stereocenters. The van der Waals surface area contributed by atoms with Crippen LogP contribution in [-0.4, -0.2) is 62.3 Å². The van der Waals surface area contributed by atoms with Crippen LogP contribution < -0.4 is 10.6 Å². The van der Waals surface area contributed by atoms with Crippen molar-refractivity contribution >= 4 is 5.96 Å². The van der Waals surface area contributed by atoms with E-state index in [-0.39, 0.29) is 12.5 Å². The number of aliphatic imine (C=N–C) groups is 1. The summed E-state index contributed by atoms with van der Waals surface area (Å²) >= 11 is 0. The van der Waals surface area contributed by atoms with E-state index >= 15 is 0 Å². The zero-order valence-corrected chi connectivity index (χ0v) is 15.0. The molecule has 0 spiro atoms. The van der Waals surface area contributed by atoms with Crippen molar-refractivity contribution in [3.05, 3.63) is 35.9 Å². The highest BCUT2D eigenvalue weighted by molar-refractivity contribution is 5.79. The molecule has 1 atom stereocenters. The minimum Gasteiger partial charge on any atom is -0.396 e. The fourth-order valence-electron chi connectivity index (χ4n) is 3.33. The first-order valence-corrected chi connectivity index (χ1v) is 9.05. The van der Waals surface area contributed by atoms with Crippen molar-refractivity contribution in [2.75, 3.05) is 40.3 Å². The summed E-state index contributed by atoms with van der Waals surface area (Å²) in [6.45, 7) is 2.69. The number of hydrogen-bond acceptors (Lipinski definition) is 3. The summed E-state index contributed by atoms with van der Waals surface area (Å²) in [5.74, 6) is 0.870. The Morgan fingerprint density at radius 2 is 1.96 bits per heavy atom. The topological polar surface area (TPSA) is 59.9 Å². The normalized spacial score (nSPS) is 17.2. The summed E-state index contributed by atoms with van der Waals surface area (Å²) in [5, 5.41) is 16.3. The zero-order chi connectivity index (χ0) is 17.2. The number of rotatable bonds is 8. The lowest BCUT2D eigenvalue weighted by molar-refractivity contribution is 0.249. The second kappa shape index (κ2) is 10.3. The van der Waals surface area contributed by atoms with Crippen molar-refractivity contribution in [3.63, 3.8) is 0 Å². The van der Waals surface area contributed by atoms with Crippen molar-refractivity contribution < 1.29 is 5.11 Å². The fraction of sp³-hybridized carbons (Fsp3) is 0.632. The number of hydrogen-bond donors (Lipinski definition) is 3. The summed E-state index contributed by atoms with van der Waals surface area (Å²) in [7, 11) is 4.00. The number of aliphatic hydroxyl groups is 1. The monoisotopic (exact) mass is 332 g/mol. The van der Waals surface area contributed by atoms with Crippen LogP contribution in [0.2, 0.25) is 0 Å². The largest absolute Gasteiger partial charge is 0.396 e. The lowest BCUT2D eigenvalue weighted by Crippen LogP contribution is -2.43. The van der Waals surface area contributed by atoms with Gasteiger partial charge in [0.1, 0.15) is 0 Å². The minimum absolute atomic E-state index is 0.0749. The Hall–Kier alpha value is -1.59. The molecule has 24 heavy (non-hydrogen) atoms. The minimum atomic E-state index is 0.0749. The van der Waals surface area contributed by atoms with Crippen LogP contribution >= 0.6 is 0 Å². The third kappa shape index (κ3) is 5.80. The van der Waals surface area contributed by atoms with Crippen molar-refractivity contribution in [1.82, 2.24) is 15.5 Å². The van der Waals surface area contributed by atoms with Gasteiger partial charge in [0.25, 0.3) is 0 Å². The number of guanidine groups is 1. The molecule has 0 saturated heterocycles. The Morgan fingerprint density at radius 3 is 2.58 bits per heavy atom. The lowest BCUT2D eigenvalue weighted by Gasteiger charge is -2.24. The summed E-state index contributed by atoms with van der Waals surface area (Å²) < 4.78 is 0. The molecule has 0 aromatic heterocycles. The van der Waals surface area contributed by atoms with E-state index in [9.17, 15) is 5.11 Å². The summed E-state index contributed by atoms with van der Waals surface area (Å²) in [4.78, 5) is 6.73. The van der Waals surface area contributed by atoms with Gasteiger partial charge < -0.3 is 20.6 Å². The molecule has 1 aliphatic rings. The molecule has 0 aliphatic heterocycles. The first-order valence-electron chi connectivity index (χ1n) is 9.05. The third-order valence-corrected chi connectivity index (χ3v) is 4.94. The van der Waals surface area contributed by atoms with Gasteiger partial charge >= 0.3 is 0 Å². The van der Waals surface area contributed by atoms with Crippen molar-refractivity contribution in [3.8, 4) is 0 Å². The predicted octanol–water partition coefficient (Wildman–Crippen LogP) is 1.80. The maximum absolute atomic E-state index is 9.63. The summed E-state index contributed by atoms with van der Waals surface area (Å²) in [5.41, 5.74) is 1.14. The first kappa shape index (κ1) is 18.7. The number of likely N-dealkylation sites (N-methyl/N-ethyl adjacent to an activating group) is 1. The van der Waals surface area contributed by atoms with Gasteiger partial charge in [-0.15, -0.1) is 0 Å². The van der Waals surface area contributed by atoms with Crippen LogP contribution in [0.5, 0.6) is 0 Å². The highest BCUT2D eigenvalue weighted by atomic mass is 16.3. The lowest BCUT2D eigenvalue weighted by atomic mass is 10.0. The molecule has 134 valence electrons. The fourth-order valence-corrected chi connectivity index (χ4v) is 3.33. The van der Waals surface area contributed by atoms with Crippen LogP contribution in [0, 0.1) is 0 Å². The highest BCUT2D eigenvalue weighted by Crippen LogP contribution is 2.21. The Labute approximate surface area is 146 Å². The Morgan fingerprint density at radius 1 is 1.25 bits per heavy atom. The molecular weight excluding hydrogens is 300 g/mol. The van der Waals surface area contributed by atoms with Crippen molar-refractivity contribution in [2.24, 2.45) is 4.99 Å². The van der Waals surface area contributed by atoms with Crippen LogP contribution in [0.25, 0.3) is 0 Å².